The Labute approximate surface area is 136 Å². The largest absolute Gasteiger partial charge is 0.381 e. The number of nitrogens with zero attached hydrogens (tertiary/aromatic N) is 2. The monoisotopic (exact) mass is 314 g/mol. The molecule has 0 saturated carbocycles. The molecule has 23 heavy (non-hydrogen) atoms. The predicted molar refractivity (Wildman–Crippen MR) is 84.2 cm³/mol. The Balaban J connectivity index is 1.72. The summed E-state index contributed by atoms with van der Waals surface area (Å²) in [6, 6.07) is 8.64. The summed E-state index contributed by atoms with van der Waals surface area (Å²) in [6.07, 6.45) is 3.75. The molecule has 0 bridgehead atoms. The molecule has 4 rings (SSSR count). The Kier molecular flexibility index (Phi) is 3.91. The van der Waals surface area contributed by atoms with Gasteiger partial charge in [-0.25, -0.2) is 0 Å². The standard InChI is InChI=1S/C18H22N2O3/c1-13-4-6-14(7-5-13)18(8-11-21-12-9-18)17-19-16(20-23-17)15-3-2-10-22-15/h4-7,15H,2-3,8-12H2,1H3. The molecule has 3 heterocycles. The zero-order valence-electron chi connectivity index (χ0n) is 13.5. The van der Waals surface area contributed by atoms with Crippen LogP contribution >= 0.6 is 0 Å². The molecule has 0 radical (unpaired) electrons. The number of rotatable bonds is 3. The average molecular weight is 314 g/mol. The highest BCUT2D eigenvalue weighted by molar-refractivity contribution is 5.34. The number of benzene rings is 1. The van der Waals surface area contributed by atoms with Crippen molar-refractivity contribution in [2.45, 2.75) is 44.1 Å². The van der Waals surface area contributed by atoms with E-state index in [-0.39, 0.29) is 11.5 Å². The third kappa shape index (κ3) is 2.68. The van der Waals surface area contributed by atoms with Crippen LogP contribution in [0.5, 0.6) is 0 Å². The molecule has 0 amide bonds. The minimum atomic E-state index is -0.240. The van der Waals surface area contributed by atoms with Crippen molar-refractivity contribution in [2.24, 2.45) is 0 Å². The van der Waals surface area contributed by atoms with E-state index in [0.717, 1.165) is 32.3 Å². The molecule has 0 N–H and O–H groups in total. The normalized spacial score (nSPS) is 24.0. The van der Waals surface area contributed by atoms with Gasteiger partial charge in [-0.2, -0.15) is 4.98 Å². The van der Waals surface area contributed by atoms with Crippen LogP contribution in [-0.4, -0.2) is 30.0 Å². The predicted octanol–water partition coefficient (Wildman–Crippen LogP) is 3.33. The highest BCUT2D eigenvalue weighted by atomic mass is 16.5. The summed E-state index contributed by atoms with van der Waals surface area (Å²) in [4.78, 5) is 4.73. The van der Waals surface area contributed by atoms with Crippen molar-refractivity contribution in [3.8, 4) is 0 Å². The summed E-state index contributed by atoms with van der Waals surface area (Å²) in [5.41, 5.74) is 2.24. The molecule has 5 nitrogen and oxygen atoms in total. The second-order valence-corrected chi connectivity index (χ2v) is 6.52. The zero-order chi connectivity index (χ0) is 15.7. The molecule has 2 aliphatic rings. The third-order valence-corrected chi connectivity index (χ3v) is 5.02. The van der Waals surface area contributed by atoms with Crippen LogP contribution in [0.4, 0.5) is 0 Å². The van der Waals surface area contributed by atoms with Crippen LogP contribution in [0.25, 0.3) is 0 Å². The van der Waals surface area contributed by atoms with E-state index < -0.39 is 0 Å². The first kappa shape index (κ1) is 14.8. The number of ether oxygens (including phenoxy) is 2. The van der Waals surface area contributed by atoms with Gasteiger partial charge >= 0.3 is 0 Å². The van der Waals surface area contributed by atoms with Crippen LogP contribution in [0.15, 0.2) is 28.8 Å². The van der Waals surface area contributed by atoms with Crippen LogP contribution in [0.1, 0.15) is 54.6 Å². The van der Waals surface area contributed by atoms with Gasteiger partial charge in [-0.15, -0.1) is 0 Å². The minimum absolute atomic E-state index is 0.0117. The van der Waals surface area contributed by atoms with Crippen LogP contribution in [-0.2, 0) is 14.9 Å². The lowest BCUT2D eigenvalue weighted by atomic mass is 9.74. The first-order valence-corrected chi connectivity index (χ1v) is 8.38. The van der Waals surface area contributed by atoms with Crippen molar-refractivity contribution in [1.82, 2.24) is 10.1 Å². The fraction of sp³-hybridized carbons (Fsp3) is 0.556. The second kappa shape index (κ2) is 6.06. The van der Waals surface area contributed by atoms with E-state index in [4.69, 9.17) is 19.0 Å². The second-order valence-electron chi connectivity index (χ2n) is 6.52. The average Bonchev–Trinajstić information content (AvgIpc) is 3.28. The van der Waals surface area contributed by atoms with Gasteiger partial charge in [-0.3, -0.25) is 0 Å². The van der Waals surface area contributed by atoms with Crippen molar-refractivity contribution >= 4 is 0 Å². The quantitative estimate of drug-likeness (QED) is 0.870. The SMILES string of the molecule is Cc1ccc(C2(c3nc(C4CCCO4)no3)CCOCC2)cc1. The summed E-state index contributed by atoms with van der Waals surface area (Å²) >= 11 is 0. The lowest BCUT2D eigenvalue weighted by Gasteiger charge is -2.34. The van der Waals surface area contributed by atoms with Gasteiger partial charge in [0.25, 0.3) is 0 Å². The fourth-order valence-corrected chi connectivity index (χ4v) is 3.56. The molecule has 0 spiro atoms. The molecular formula is C18H22N2O3. The molecule has 1 aromatic carbocycles. The maximum atomic E-state index is 5.71. The maximum absolute atomic E-state index is 5.71. The van der Waals surface area contributed by atoms with E-state index in [1.165, 1.54) is 11.1 Å². The summed E-state index contributed by atoms with van der Waals surface area (Å²) in [7, 11) is 0. The number of hydrogen-bond donors (Lipinski definition) is 0. The van der Waals surface area contributed by atoms with E-state index in [2.05, 4.69) is 36.3 Å². The van der Waals surface area contributed by atoms with E-state index in [1.807, 2.05) is 0 Å². The van der Waals surface area contributed by atoms with Gasteiger partial charge in [0, 0.05) is 19.8 Å². The molecule has 2 fully saturated rings. The first-order chi connectivity index (χ1) is 11.3. The van der Waals surface area contributed by atoms with Gasteiger partial charge in [-0.1, -0.05) is 35.0 Å². The van der Waals surface area contributed by atoms with Crippen LogP contribution in [0.3, 0.4) is 0 Å². The smallest absolute Gasteiger partial charge is 0.237 e. The van der Waals surface area contributed by atoms with Crippen molar-refractivity contribution < 1.29 is 14.0 Å². The maximum Gasteiger partial charge on any atom is 0.237 e. The van der Waals surface area contributed by atoms with E-state index in [9.17, 15) is 0 Å². The summed E-state index contributed by atoms with van der Waals surface area (Å²) in [5, 5.41) is 4.21. The molecule has 1 unspecified atom stereocenters. The summed E-state index contributed by atoms with van der Waals surface area (Å²) in [5.74, 6) is 1.39. The van der Waals surface area contributed by atoms with Crippen molar-refractivity contribution in [2.75, 3.05) is 19.8 Å². The van der Waals surface area contributed by atoms with Crippen LogP contribution in [0, 0.1) is 6.92 Å². The third-order valence-electron chi connectivity index (χ3n) is 5.02. The van der Waals surface area contributed by atoms with E-state index in [0.29, 0.717) is 24.9 Å². The van der Waals surface area contributed by atoms with Crippen molar-refractivity contribution in [3.05, 3.63) is 47.1 Å². The number of aromatic nitrogens is 2. The molecule has 2 aliphatic heterocycles. The fourth-order valence-electron chi connectivity index (χ4n) is 3.56. The zero-order valence-corrected chi connectivity index (χ0v) is 13.5. The molecule has 0 aliphatic carbocycles. The minimum Gasteiger partial charge on any atom is -0.381 e. The lowest BCUT2D eigenvalue weighted by Crippen LogP contribution is -2.35. The molecule has 1 atom stereocenters. The van der Waals surface area contributed by atoms with Crippen molar-refractivity contribution in [3.63, 3.8) is 0 Å². The Morgan fingerprint density at radius 2 is 1.87 bits per heavy atom. The van der Waals surface area contributed by atoms with Gasteiger partial charge < -0.3 is 14.0 Å². The highest BCUT2D eigenvalue weighted by Crippen LogP contribution is 2.41. The van der Waals surface area contributed by atoms with Crippen LogP contribution < -0.4 is 0 Å². The Bertz CT molecular complexity index is 653. The van der Waals surface area contributed by atoms with Gasteiger partial charge in [0.2, 0.25) is 11.7 Å². The Morgan fingerprint density at radius 1 is 1.09 bits per heavy atom. The van der Waals surface area contributed by atoms with Gasteiger partial charge in [0.1, 0.15) is 6.10 Å². The van der Waals surface area contributed by atoms with Crippen LogP contribution in [0.2, 0.25) is 0 Å². The molecule has 122 valence electrons. The van der Waals surface area contributed by atoms with Crippen molar-refractivity contribution in [1.29, 1.82) is 0 Å². The molecular weight excluding hydrogens is 292 g/mol. The van der Waals surface area contributed by atoms with Gasteiger partial charge in [0.15, 0.2) is 0 Å². The molecule has 5 heteroatoms. The van der Waals surface area contributed by atoms with E-state index in [1.54, 1.807) is 0 Å². The topological polar surface area (TPSA) is 57.4 Å². The number of aryl methyl sites for hydroxylation is 1. The first-order valence-electron chi connectivity index (χ1n) is 8.38. The lowest BCUT2D eigenvalue weighted by molar-refractivity contribution is 0.0523. The van der Waals surface area contributed by atoms with E-state index >= 15 is 0 Å². The Hall–Kier alpha value is -1.72. The highest BCUT2D eigenvalue weighted by Gasteiger charge is 2.42. The number of hydrogen-bond acceptors (Lipinski definition) is 5. The molecule has 2 saturated heterocycles. The molecule has 1 aromatic heterocycles. The summed E-state index contributed by atoms with van der Waals surface area (Å²) < 4.78 is 17.0. The van der Waals surface area contributed by atoms with Gasteiger partial charge in [0.05, 0.1) is 5.41 Å². The Morgan fingerprint density at radius 3 is 2.57 bits per heavy atom. The molecule has 2 aromatic rings. The van der Waals surface area contributed by atoms with Gasteiger partial charge in [-0.05, 0) is 38.2 Å². The summed E-state index contributed by atoms with van der Waals surface area (Å²) in [6.45, 7) is 4.31.